The number of fused-ring (bicyclic) bond motifs is 1. The largest absolute Gasteiger partial charge is 0.488 e. The molecule has 2 aromatic rings. The van der Waals surface area contributed by atoms with Crippen molar-refractivity contribution >= 4 is 11.9 Å². The topological polar surface area (TPSA) is 79.5 Å². The summed E-state index contributed by atoms with van der Waals surface area (Å²) in [6, 6.07) is 12.6. The minimum absolute atomic E-state index is 0.106. The summed E-state index contributed by atoms with van der Waals surface area (Å²) in [7, 11) is 0. The van der Waals surface area contributed by atoms with Gasteiger partial charge in [0.05, 0.1) is 6.54 Å². The Kier molecular flexibility index (Phi) is 7.05. The van der Waals surface area contributed by atoms with Crippen molar-refractivity contribution in [3.8, 4) is 5.75 Å². The first-order chi connectivity index (χ1) is 14.0. The third kappa shape index (κ3) is 5.94. The summed E-state index contributed by atoms with van der Waals surface area (Å²) < 4.78 is 18.8. The average Bonchev–Trinajstić information content (AvgIpc) is 3.14. The van der Waals surface area contributed by atoms with Crippen molar-refractivity contribution in [3.63, 3.8) is 0 Å². The van der Waals surface area contributed by atoms with Gasteiger partial charge >= 0.3 is 6.03 Å². The van der Waals surface area contributed by atoms with Gasteiger partial charge in [-0.2, -0.15) is 0 Å². The number of rotatable bonds is 8. The van der Waals surface area contributed by atoms with Crippen LogP contribution in [0.2, 0.25) is 0 Å². The first-order valence-corrected chi connectivity index (χ1v) is 9.86. The maximum absolute atomic E-state index is 12.9. The van der Waals surface area contributed by atoms with Crippen molar-refractivity contribution < 1.29 is 18.7 Å². The van der Waals surface area contributed by atoms with Crippen LogP contribution in [-0.2, 0) is 17.8 Å². The van der Waals surface area contributed by atoms with E-state index in [4.69, 9.17) is 4.74 Å². The number of hydrogen-bond donors (Lipinski definition) is 3. The molecule has 1 aliphatic heterocycles. The van der Waals surface area contributed by atoms with Crippen LogP contribution < -0.4 is 20.7 Å². The number of carbonyl (C=O) groups is 2. The van der Waals surface area contributed by atoms with Crippen molar-refractivity contribution in [3.05, 3.63) is 65.5 Å². The number of carbonyl (C=O) groups excluding carboxylic acids is 2. The molecule has 0 aliphatic carbocycles. The lowest BCUT2D eigenvalue weighted by Gasteiger charge is -2.19. The number of hydrogen-bond acceptors (Lipinski definition) is 3. The van der Waals surface area contributed by atoms with Gasteiger partial charge in [0.2, 0.25) is 5.91 Å². The first kappa shape index (κ1) is 20.6. The molecule has 2 aromatic carbocycles. The maximum Gasteiger partial charge on any atom is 0.315 e. The molecule has 0 fully saturated rings. The molecule has 2 atom stereocenters. The highest BCUT2D eigenvalue weighted by Gasteiger charge is 2.25. The normalized spacial score (nSPS) is 15.7. The van der Waals surface area contributed by atoms with E-state index in [9.17, 15) is 14.0 Å². The summed E-state index contributed by atoms with van der Waals surface area (Å²) in [5, 5.41) is 8.29. The number of para-hydroxylation sites is 1. The van der Waals surface area contributed by atoms with Crippen molar-refractivity contribution in [2.24, 2.45) is 0 Å². The van der Waals surface area contributed by atoms with E-state index in [1.165, 1.54) is 12.1 Å². The van der Waals surface area contributed by atoms with E-state index in [0.29, 0.717) is 13.0 Å². The van der Waals surface area contributed by atoms with Crippen LogP contribution in [0.15, 0.2) is 48.5 Å². The molecule has 1 aliphatic rings. The van der Waals surface area contributed by atoms with Crippen molar-refractivity contribution in [1.82, 2.24) is 16.0 Å². The highest BCUT2D eigenvalue weighted by Crippen LogP contribution is 2.27. The summed E-state index contributed by atoms with van der Waals surface area (Å²) in [5.41, 5.74) is 1.91. The molecule has 29 heavy (non-hydrogen) atoms. The molecule has 0 saturated heterocycles. The Hall–Kier alpha value is -3.09. The Labute approximate surface area is 169 Å². The summed E-state index contributed by atoms with van der Waals surface area (Å²) >= 11 is 0. The van der Waals surface area contributed by atoms with Gasteiger partial charge in [-0.3, -0.25) is 4.79 Å². The van der Waals surface area contributed by atoms with Crippen molar-refractivity contribution in [2.45, 2.75) is 44.9 Å². The Balaban J connectivity index is 1.45. The Morgan fingerprint density at radius 1 is 1.14 bits per heavy atom. The first-order valence-electron chi connectivity index (χ1n) is 9.86. The Bertz CT molecular complexity index is 816. The second-order valence-corrected chi connectivity index (χ2v) is 7.09. The fourth-order valence-electron chi connectivity index (χ4n) is 3.26. The molecule has 3 N–H and O–H groups in total. The van der Waals surface area contributed by atoms with Crippen LogP contribution in [0.25, 0.3) is 0 Å². The van der Waals surface area contributed by atoms with E-state index in [2.05, 4.69) is 16.0 Å². The van der Waals surface area contributed by atoms with Crippen LogP contribution in [0.5, 0.6) is 5.75 Å². The minimum Gasteiger partial charge on any atom is -0.488 e. The third-order valence-corrected chi connectivity index (χ3v) is 4.78. The number of ether oxygens (including phenoxy) is 1. The zero-order valence-electron chi connectivity index (χ0n) is 16.4. The molecule has 0 aromatic heterocycles. The van der Waals surface area contributed by atoms with Crippen LogP contribution in [-0.4, -0.2) is 30.6 Å². The summed E-state index contributed by atoms with van der Waals surface area (Å²) in [6.45, 7) is 2.59. The fraction of sp³-hybridized carbons (Fsp3) is 0.364. The van der Waals surface area contributed by atoms with E-state index in [-0.39, 0.29) is 24.4 Å². The lowest BCUT2D eigenvalue weighted by Crippen LogP contribution is -2.51. The number of halogens is 1. The van der Waals surface area contributed by atoms with Crippen molar-refractivity contribution in [1.29, 1.82) is 0 Å². The molecule has 0 saturated carbocycles. The second-order valence-electron chi connectivity index (χ2n) is 7.09. The van der Waals surface area contributed by atoms with Crippen LogP contribution >= 0.6 is 0 Å². The Morgan fingerprint density at radius 2 is 1.90 bits per heavy atom. The van der Waals surface area contributed by atoms with Gasteiger partial charge in [0, 0.05) is 13.0 Å². The molecular weight excluding hydrogens is 373 g/mol. The summed E-state index contributed by atoms with van der Waals surface area (Å²) in [6.07, 6.45) is 1.93. The Morgan fingerprint density at radius 3 is 2.62 bits per heavy atom. The minimum atomic E-state index is -0.628. The van der Waals surface area contributed by atoms with Gasteiger partial charge in [-0.1, -0.05) is 43.7 Å². The number of amides is 3. The molecule has 154 valence electrons. The predicted molar refractivity (Wildman–Crippen MR) is 108 cm³/mol. The average molecular weight is 399 g/mol. The highest BCUT2D eigenvalue weighted by molar-refractivity contribution is 5.87. The molecule has 2 unspecified atom stereocenters. The van der Waals surface area contributed by atoms with Gasteiger partial charge in [0.1, 0.15) is 23.7 Å². The monoisotopic (exact) mass is 399 g/mol. The SMILES string of the molecule is CCCC(NC(=O)NCc1ccc(F)cc1)C(=O)NCC1Cc2ccccc2O1. The molecule has 6 nitrogen and oxygen atoms in total. The number of nitrogens with one attached hydrogen (secondary N) is 3. The third-order valence-electron chi connectivity index (χ3n) is 4.78. The quantitative estimate of drug-likeness (QED) is 0.639. The van der Waals surface area contributed by atoms with E-state index in [0.717, 1.165) is 29.7 Å². The van der Waals surface area contributed by atoms with Crippen LogP contribution in [0.3, 0.4) is 0 Å². The molecule has 0 bridgehead atoms. The van der Waals surface area contributed by atoms with Gasteiger partial charge in [-0.05, 0) is 35.7 Å². The lowest BCUT2D eigenvalue weighted by atomic mass is 10.1. The van der Waals surface area contributed by atoms with E-state index in [1.807, 2.05) is 31.2 Å². The smallest absolute Gasteiger partial charge is 0.315 e. The van der Waals surface area contributed by atoms with Crippen LogP contribution in [0.1, 0.15) is 30.9 Å². The van der Waals surface area contributed by atoms with Gasteiger partial charge in [0.15, 0.2) is 0 Å². The van der Waals surface area contributed by atoms with E-state index in [1.54, 1.807) is 12.1 Å². The van der Waals surface area contributed by atoms with Crippen molar-refractivity contribution in [2.75, 3.05) is 6.54 Å². The molecule has 1 heterocycles. The number of urea groups is 1. The van der Waals surface area contributed by atoms with Gasteiger partial charge < -0.3 is 20.7 Å². The predicted octanol–water partition coefficient (Wildman–Crippen LogP) is 2.91. The zero-order valence-corrected chi connectivity index (χ0v) is 16.4. The zero-order chi connectivity index (χ0) is 20.6. The lowest BCUT2D eigenvalue weighted by molar-refractivity contribution is -0.123. The summed E-state index contributed by atoms with van der Waals surface area (Å²) in [5.74, 6) is 0.297. The van der Waals surface area contributed by atoms with E-state index < -0.39 is 12.1 Å². The highest BCUT2D eigenvalue weighted by atomic mass is 19.1. The molecule has 3 amide bonds. The molecular formula is C22H26FN3O3. The van der Waals surface area contributed by atoms with Gasteiger partial charge in [-0.15, -0.1) is 0 Å². The number of benzene rings is 2. The van der Waals surface area contributed by atoms with Gasteiger partial charge in [-0.25, -0.2) is 9.18 Å². The van der Waals surface area contributed by atoms with E-state index >= 15 is 0 Å². The second kappa shape index (κ2) is 9.91. The molecule has 0 spiro atoms. The summed E-state index contributed by atoms with van der Waals surface area (Å²) in [4.78, 5) is 24.7. The molecule has 3 rings (SSSR count). The van der Waals surface area contributed by atoms with Crippen LogP contribution in [0, 0.1) is 5.82 Å². The molecule has 7 heteroatoms. The standard InChI is InChI=1S/C22H26FN3O3/c1-2-5-19(26-22(28)25-13-15-8-10-17(23)11-9-15)21(27)24-14-18-12-16-6-3-4-7-20(16)29-18/h3-4,6-11,18-19H,2,5,12-14H2,1H3,(H,24,27)(H2,25,26,28). The molecule has 0 radical (unpaired) electrons. The van der Waals surface area contributed by atoms with Crippen LogP contribution in [0.4, 0.5) is 9.18 Å². The fourth-order valence-corrected chi connectivity index (χ4v) is 3.26. The van der Waals surface area contributed by atoms with Gasteiger partial charge in [0.25, 0.3) is 0 Å². The maximum atomic E-state index is 12.9.